The van der Waals surface area contributed by atoms with E-state index in [2.05, 4.69) is 31.3 Å². The number of aryl methyl sites for hydroxylation is 1. The Labute approximate surface area is 109 Å². The van der Waals surface area contributed by atoms with E-state index in [1.54, 1.807) is 0 Å². The second-order valence-corrected chi connectivity index (χ2v) is 5.05. The van der Waals surface area contributed by atoms with Gasteiger partial charge < -0.3 is 10.2 Å². The first-order valence-corrected chi connectivity index (χ1v) is 6.75. The number of benzene rings is 1. The van der Waals surface area contributed by atoms with Crippen molar-refractivity contribution in [3.8, 4) is 0 Å². The van der Waals surface area contributed by atoms with Crippen molar-refractivity contribution >= 4 is 5.91 Å². The normalized spacial score (nSPS) is 16.9. The second-order valence-electron chi connectivity index (χ2n) is 5.05. The van der Waals surface area contributed by atoms with Crippen molar-refractivity contribution in [3.05, 3.63) is 35.4 Å². The smallest absolute Gasteiger partial charge is 0.236 e. The van der Waals surface area contributed by atoms with Crippen LogP contribution in [0, 0.1) is 6.92 Å². The van der Waals surface area contributed by atoms with Gasteiger partial charge in [-0.25, -0.2) is 0 Å². The molecule has 1 atom stereocenters. The summed E-state index contributed by atoms with van der Waals surface area (Å²) >= 11 is 0. The highest BCUT2D eigenvalue weighted by Gasteiger charge is 2.18. The summed E-state index contributed by atoms with van der Waals surface area (Å²) in [7, 11) is 0. The summed E-state index contributed by atoms with van der Waals surface area (Å²) < 4.78 is 0. The fraction of sp³-hybridized carbons (Fsp3) is 0.533. The lowest BCUT2D eigenvalue weighted by Crippen LogP contribution is -2.37. The van der Waals surface area contributed by atoms with E-state index in [0.29, 0.717) is 6.54 Å². The summed E-state index contributed by atoms with van der Waals surface area (Å²) in [5.41, 5.74) is 2.54. The SMILES string of the molecule is Cc1ccccc1C(C)NCC(=O)N1CCCC1. The molecule has 98 valence electrons. The van der Waals surface area contributed by atoms with Crippen LogP contribution in [0.2, 0.25) is 0 Å². The Morgan fingerprint density at radius 2 is 2.00 bits per heavy atom. The molecule has 0 spiro atoms. The first-order chi connectivity index (χ1) is 8.68. The highest BCUT2D eigenvalue weighted by molar-refractivity contribution is 5.78. The lowest BCUT2D eigenvalue weighted by Gasteiger charge is -2.19. The van der Waals surface area contributed by atoms with Gasteiger partial charge in [-0.05, 0) is 37.8 Å². The molecule has 2 rings (SSSR count). The van der Waals surface area contributed by atoms with Crippen molar-refractivity contribution in [2.75, 3.05) is 19.6 Å². The summed E-state index contributed by atoms with van der Waals surface area (Å²) in [5, 5.41) is 3.33. The van der Waals surface area contributed by atoms with Crippen molar-refractivity contribution in [2.24, 2.45) is 0 Å². The van der Waals surface area contributed by atoms with E-state index in [0.717, 1.165) is 25.9 Å². The minimum atomic E-state index is 0.220. The topological polar surface area (TPSA) is 32.3 Å². The molecule has 0 bridgehead atoms. The van der Waals surface area contributed by atoms with Crippen LogP contribution in [0.15, 0.2) is 24.3 Å². The number of amides is 1. The van der Waals surface area contributed by atoms with Gasteiger partial charge in [-0.15, -0.1) is 0 Å². The summed E-state index contributed by atoms with van der Waals surface area (Å²) in [6.45, 7) is 6.52. The van der Waals surface area contributed by atoms with Crippen LogP contribution in [-0.4, -0.2) is 30.4 Å². The maximum Gasteiger partial charge on any atom is 0.236 e. The summed E-state index contributed by atoms with van der Waals surface area (Å²) in [4.78, 5) is 13.9. The number of rotatable bonds is 4. The summed E-state index contributed by atoms with van der Waals surface area (Å²) in [6, 6.07) is 8.53. The van der Waals surface area contributed by atoms with Crippen LogP contribution in [0.3, 0.4) is 0 Å². The van der Waals surface area contributed by atoms with E-state index in [-0.39, 0.29) is 11.9 Å². The van der Waals surface area contributed by atoms with Crippen LogP contribution in [-0.2, 0) is 4.79 Å². The standard InChI is InChI=1S/C15H22N2O/c1-12-7-3-4-8-14(12)13(2)16-11-15(18)17-9-5-6-10-17/h3-4,7-8,13,16H,5-6,9-11H2,1-2H3. The molecule has 0 aromatic heterocycles. The number of carbonyl (C=O) groups excluding carboxylic acids is 1. The van der Waals surface area contributed by atoms with Gasteiger partial charge in [0.25, 0.3) is 0 Å². The third-order valence-corrected chi connectivity index (χ3v) is 3.67. The Morgan fingerprint density at radius 1 is 1.33 bits per heavy atom. The van der Waals surface area contributed by atoms with E-state index < -0.39 is 0 Å². The number of nitrogens with one attached hydrogen (secondary N) is 1. The molecule has 1 heterocycles. The molecule has 3 heteroatoms. The predicted molar refractivity (Wildman–Crippen MR) is 73.4 cm³/mol. The Morgan fingerprint density at radius 3 is 2.67 bits per heavy atom. The zero-order valence-corrected chi connectivity index (χ0v) is 11.3. The first kappa shape index (κ1) is 13.1. The van der Waals surface area contributed by atoms with Gasteiger partial charge in [0, 0.05) is 19.1 Å². The first-order valence-electron chi connectivity index (χ1n) is 6.75. The average Bonchev–Trinajstić information content (AvgIpc) is 2.90. The molecule has 1 aromatic rings. The molecular weight excluding hydrogens is 224 g/mol. The number of hydrogen-bond donors (Lipinski definition) is 1. The van der Waals surface area contributed by atoms with E-state index in [9.17, 15) is 4.79 Å². The summed E-state index contributed by atoms with van der Waals surface area (Å²) in [5.74, 6) is 0.230. The second kappa shape index (κ2) is 6.01. The summed E-state index contributed by atoms with van der Waals surface area (Å²) in [6.07, 6.45) is 2.30. The molecule has 1 unspecified atom stereocenters. The number of hydrogen-bond acceptors (Lipinski definition) is 2. The number of likely N-dealkylation sites (tertiary alicyclic amines) is 1. The van der Waals surface area contributed by atoms with Gasteiger partial charge in [-0.2, -0.15) is 0 Å². The van der Waals surface area contributed by atoms with Gasteiger partial charge in [0.05, 0.1) is 6.54 Å². The minimum Gasteiger partial charge on any atom is -0.342 e. The molecule has 0 aliphatic carbocycles. The molecule has 1 amide bonds. The van der Waals surface area contributed by atoms with Crippen molar-refractivity contribution < 1.29 is 4.79 Å². The van der Waals surface area contributed by atoms with Crippen LogP contribution in [0.4, 0.5) is 0 Å². The van der Waals surface area contributed by atoms with E-state index in [1.807, 2.05) is 17.0 Å². The lowest BCUT2D eigenvalue weighted by atomic mass is 10.0. The maximum atomic E-state index is 11.9. The van der Waals surface area contributed by atoms with E-state index in [1.165, 1.54) is 11.1 Å². The van der Waals surface area contributed by atoms with Crippen LogP contribution in [0.5, 0.6) is 0 Å². The molecule has 0 radical (unpaired) electrons. The number of carbonyl (C=O) groups is 1. The van der Waals surface area contributed by atoms with Gasteiger partial charge in [-0.1, -0.05) is 24.3 Å². The molecule has 1 aliphatic rings. The highest BCUT2D eigenvalue weighted by Crippen LogP contribution is 2.16. The predicted octanol–water partition coefficient (Wildman–Crippen LogP) is 2.27. The molecule has 1 aliphatic heterocycles. The average molecular weight is 246 g/mol. The fourth-order valence-electron chi connectivity index (χ4n) is 2.50. The third kappa shape index (κ3) is 3.10. The van der Waals surface area contributed by atoms with Crippen molar-refractivity contribution in [2.45, 2.75) is 32.7 Å². The zero-order chi connectivity index (χ0) is 13.0. The van der Waals surface area contributed by atoms with Crippen LogP contribution >= 0.6 is 0 Å². The molecule has 0 saturated carbocycles. The molecule has 3 nitrogen and oxygen atoms in total. The zero-order valence-electron chi connectivity index (χ0n) is 11.3. The van der Waals surface area contributed by atoms with Crippen LogP contribution in [0.25, 0.3) is 0 Å². The molecule has 18 heavy (non-hydrogen) atoms. The van der Waals surface area contributed by atoms with Gasteiger partial charge >= 0.3 is 0 Å². The van der Waals surface area contributed by atoms with Gasteiger partial charge in [0.1, 0.15) is 0 Å². The van der Waals surface area contributed by atoms with Gasteiger partial charge in [-0.3, -0.25) is 4.79 Å². The Hall–Kier alpha value is -1.35. The Kier molecular flexibility index (Phi) is 4.37. The quantitative estimate of drug-likeness (QED) is 0.884. The minimum absolute atomic E-state index is 0.220. The third-order valence-electron chi connectivity index (χ3n) is 3.67. The molecular formula is C15H22N2O. The van der Waals surface area contributed by atoms with Crippen molar-refractivity contribution in [3.63, 3.8) is 0 Å². The molecule has 1 N–H and O–H groups in total. The van der Waals surface area contributed by atoms with Gasteiger partial charge in [0.15, 0.2) is 0 Å². The Bertz CT molecular complexity index is 411. The molecule has 1 saturated heterocycles. The molecule has 1 aromatic carbocycles. The lowest BCUT2D eigenvalue weighted by molar-refractivity contribution is -0.129. The fourth-order valence-corrected chi connectivity index (χ4v) is 2.50. The van der Waals surface area contributed by atoms with E-state index in [4.69, 9.17) is 0 Å². The Balaban J connectivity index is 1.86. The van der Waals surface area contributed by atoms with E-state index >= 15 is 0 Å². The van der Waals surface area contributed by atoms with Crippen LogP contribution in [0.1, 0.15) is 36.9 Å². The van der Waals surface area contributed by atoms with Crippen molar-refractivity contribution in [1.29, 1.82) is 0 Å². The van der Waals surface area contributed by atoms with Crippen molar-refractivity contribution in [1.82, 2.24) is 10.2 Å². The molecule has 1 fully saturated rings. The van der Waals surface area contributed by atoms with Crippen LogP contribution < -0.4 is 5.32 Å². The monoisotopic (exact) mass is 246 g/mol. The maximum absolute atomic E-state index is 11.9. The highest BCUT2D eigenvalue weighted by atomic mass is 16.2. The number of nitrogens with zero attached hydrogens (tertiary/aromatic N) is 1. The largest absolute Gasteiger partial charge is 0.342 e. The van der Waals surface area contributed by atoms with Gasteiger partial charge in [0.2, 0.25) is 5.91 Å².